The maximum atomic E-state index is 11.3. The van der Waals surface area contributed by atoms with Gasteiger partial charge in [0.15, 0.2) is 0 Å². The first-order valence-electron chi connectivity index (χ1n) is 6.13. The van der Waals surface area contributed by atoms with Gasteiger partial charge in [-0.15, -0.1) is 0 Å². The van der Waals surface area contributed by atoms with Crippen molar-refractivity contribution in [3.8, 4) is 0 Å². The molecular weight excluding hydrogens is 230 g/mol. The number of imide groups is 1. The van der Waals surface area contributed by atoms with Crippen LogP contribution in [0.1, 0.15) is 32.1 Å². The smallest absolute Gasteiger partial charge is 0.253 e. The maximum Gasteiger partial charge on any atom is 0.253 e. The number of amides is 2. The second-order valence-electron chi connectivity index (χ2n) is 4.14. The van der Waals surface area contributed by atoms with Gasteiger partial charge < -0.3 is 4.74 Å². The molecule has 1 heterocycles. The summed E-state index contributed by atoms with van der Waals surface area (Å²) >= 11 is 0. The third-order valence-electron chi connectivity index (χ3n) is 2.98. The molecule has 4 nitrogen and oxygen atoms in total. The van der Waals surface area contributed by atoms with Crippen LogP contribution in [0, 0.1) is 0 Å². The predicted molar refractivity (Wildman–Crippen MR) is 69.3 cm³/mol. The molecule has 2 amide bonds. The largest absolute Gasteiger partial charge is 0.474 e. The van der Waals surface area contributed by atoms with Gasteiger partial charge in [-0.05, 0) is 12.8 Å². The Balaban J connectivity index is 0.000000280. The summed E-state index contributed by atoms with van der Waals surface area (Å²) < 4.78 is 4.36. The SMILES string of the molecule is C=COC=C.O=C1C=CC(=O)N1C1CCCCC1. The highest BCUT2D eigenvalue weighted by atomic mass is 16.5. The Hall–Kier alpha value is -1.84. The number of nitrogens with zero attached hydrogens (tertiary/aromatic N) is 1. The number of ether oxygens (including phenoxy) is 1. The summed E-state index contributed by atoms with van der Waals surface area (Å²) in [6.45, 7) is 6.51. The van der Waals surface area contributed by atoms with Crippen molar-refractivity contribution < 1.29 is 14.3 Å². The van der Waals surface area contributed by atoms with E-state index in [1.165, 1.54) is 36.0 Å². The van der Waals surface area contributed by atoms with Gasteiger partial charge in [-0.25, -0.2) is 0 Å². The first-order chi connectivity index (χ1) is 8.70. The van der Waals surface area contributed by atoms with E-state index in [2.05, 4.69) is 17.9 Å². The Bertz CT molecular complexity index is 330. The second kappa shape index (κ2) is 7.48. The lowest BCUT2D eigenvalue weighted by atomic mass is 9.94. The molecule has 18 heavy (non-hydrogen) atoms. The van der Waals surface area contributed by atoms with Gasteiger partial charge in [0, 0.05) is 18.2 Å². The van der Waals surface area contributed by atoms with Gasteiger partial charge in [0.05, 0.1) is 12.5 Å². The molecule has 98 valence electrons. The summed E-state index contributed by atoms with van der Waals surface area (Å²) in [6, 6.07) is 0.170. The van der Waals surface area contributed by atoms with Crippen molar-refractivity contribution in [2.75, 3.05) is 0 Å². The van der Waals surface area contributed by atoms with E-state index in [1.807, 2.05) is 0 Å². The lowest BCUT2D eigenvalue weighted by Gasteiger charge is -2.29. The Kier molecular flexibility index (Phi) is 5.91. The maximum absolute atomic E-state index is 11.3. The molecule has 0 radical (unpaired) electrons. The normalized spacial score (nSPS) is 19.2. The fourth-order valence-electron chi connectivity index (χ4n) is 2.18. The van der Waals surface area contributed by atoms with E-state index in [0.717, 1.165) is 25.7 Å². The van der Waals surface area contributed by atoms with Crippen molar-refractivity contribution in [2.45, 2.75) is 38.1 Å². The minimum atomic E-state index is -0.128. The summed E-state index contributed by atoms with van der Waals surface area (Å²) in [7, 11) is 0. The number of hydrogen-bond acceptors (Lipinski definition) is 3. The molecular formula is C14H19NO3. The molecule has 0 aromatic heterocycles. The van der Waals surface area contributed by atoms with E-state index in [-0.39, 0.29) is 17.9 Å². The molecule has 0 aromatic rings. The van der Waals surface area contributed by atoms with E-state index in [4.69, 9.17) is 0 Å². The summed E-state index contributed by atoms with van der Waals surface area (Å²) in [4.78, 5) is 24.0. The van der Waals surface area contributed by atoms with Crippen LogP contribution < -0.4 is 0 Å². The van der Waals surface area contributed by atoms with E-state index >= 15 is 0 Å². The average molecular weight is 249 g/mol. The fraction of sp³-hybridized carbons (Fsp3) is 0.429. The van der Waals surface area contributed by atoms with Crippen molar-refractivity contribution in [2.24, 2.45) is 0 Å². The Morgan fingerprint density at radius 1 is 1.06 bits per heavy atom. The summed E-state index contributed by atoms with van der Waals surface area (Å²) in [5.74, 6) is -0.256. The van der Waals surface area contributed by atoms with E-state index < -0.39 is 0 Å². The van der Waals surface area contributed by atoms with Crippen LogP contribution in [0.25, 0.3) is 0 Å². The van der Waals surface area contributed by atoms with Crippen molar-refractivity contribution in [3.63, 3.8) is 0 Å². The number of carbonyl (C=O) groups is 2. The summed E-state index contributed by atoms with van der Waals surface area (Å²) in [5, 5.41) is 0. The molecule has 2 rings (SSSR count). The van der Waals surface area contributed by atoms with Gasteiger partial charge in [0.1, 0.15) is 0 Å². The molecule has 0 bridgehead atoms. The highest BCUT2D eigenvalue weighted by Gasteiger charge is 2.31. The molecule has 0 N–H and O–H groups in total. The molecule has 1 aliphatic heterocycles. The van der Waals surface area contributed by atoms with Crippen LogP contribution in [0.3, 0.4) is 0 Å². The molecule has 0 aromatic carbocycles. The zero-order valence-electron chi connectivity index (χ0n) is 10.5. The summed E-state index contributed by atoms with van der Waals surface area (Å²) in [6.07, 6.45) is 10.9. The van der Waals surface area contributed by atoms with Crippen LogP contribution >= 0.6 is 0 Å². The zero-order valence-corrected chi connectivity index (χ0v) is 10.5. The molecule has 4 heteroatoms. The number of rotatable bonds is 3. The first-order valence-corrected chi connectivity index (χ1v) is 6.13. The minimum absolute atomic E-state index is 0.128. The highest BCUT2D eigenvalue weighted by molar-refractivity contribution is 6.13. The fourth-order valence-corrected chi connectivity index (χ4v) is 2.18. The van der Waals surface area contributed by atoms with Crippen LogP contribution in [-0.2, 0) is 14.3 Å². The molecule has 2 aliphatic rings. The molecule has 0 atom stereocenters. The minimum Gasteiger partial charge on any atom is -0.474 e. The van der Waals surface area contributed by atoms with Gasteiger partial charge in [0.25, 0.3) is 11.8 Å². The molecule has 0 saturated heterocycles. The van der Waals surface area contributed by atoms with Crippen molar-refractivity contribution in [3.05, 3.63) is 37.8 Å². The van der Waals surface area contributed by atoms with Gasteiger partial charge >= 0.3 is 0 Å². The number of carbonyl (C=O) groups excluding carboxylic acids is 2. The monoisotopic (exact) mass is 249 g/mol. The molecule has 1 aliphatic carbocycles. The Labute approximate surface area is 108 Å². The zero-order chi connectivity index (χ0) is 13.4. The average Bonchev–Trinajstić information content (AvgIpc) is 2.72. The molecule has 0 unspecified atom stereocenters. The third-order valence-corrected chi connectivity index (χ3v) is 2.98. The Morgan fingerprint density at radius 3 is 1.94 bits per heavy atom. The predicted octanol–water partition coefficient (Wildman–Crippen LogP) is 2.53. The van der Waals surface area contributed by atoms with Gasteiger partial charge in [-0.2, -0.15) is 0 Å². The molecule has 1 fully saturated rings. The van der Waals surface area contributed by atoms with Crippen LogP contribution in [0.15, 0.2) is 37.8 Å². The van der Waals surface area contributed by atoms with Gasteiger partial charge in [-0.3, -0.25) is 14.5 Å². The number of hydrogen-bond donors (Lipinski definition) is 0. The van der Waals surface area contributed by atoms with Crippen LogP contribution in [0.4, 0.5) is 0 Å². The molecule has 1 saturated carbocycles. The van der Waals surface area contributed by atoms with Crippen LogP contribution in [0.2, 0.25) is 0 Å². The lowest BCUT2D eigenvalue weighted by molar-refractivity contribution is -0.140. The van der Waals surface area contributed by atoms with Crippen LogP contribution in [-0.4, -0.2) is 22.8 Å². The van der Waals surface area contributed by atoms with E-state index in [0.29, 0.717) is 0 Å². The van der Waals surface area contributed by atoms with Crippen LogP contribution in [0.5, 0.6) is 0 Å². The van der Waals surface area contributed by atoms with Gasteiger partial charge in [0.2, 0.25) is 0 Å². The van der Waals surface area contributed by atoms with Crippen molar-refractivity contribution in [1.82, 2.24) is 4.90 Å². The van der Waals surface area contributed by atoms with Gasteiger partial charge in [-0.1, -0.05) is 32.4 Å². The van der Waals surface area contributed by atoms with Crippen molar-refractivity contribution >= 4 is 11.8 Å². The molecule has 0 spiro atoms. The van der Waals surface area contributed by atoms with E-state index in [1.54, 1.807) is 0 Å². The standard InChI is InChI=1S/C10H13NO2.C4H6O/c12-9-6-7-10(13)11(9)8-4-2-1-3-5-8;1-3-5-4-2/h6-8H,1-5H2;3-4H,1-2H2. The highest BCUT2D eigenvalue weighted by Crippen LogP contribution is 2.24. The Morgan fingerprint density at radius 2 is 1.56 bits per heavy atom. The third kappa shape index (κ3) is 3.87. The topological polar surface area (TPSA) is 46.6 Å². The lowest BCUT2D eigenvalue weighted by Crippen LogP contribution is -2.41. The van der Waals surface area contributed by atoms with E-state index in [9.17, 15) is 9.59 Å². The van der Waals surface area contributed by atoms with Crippen molar-refractivity contribution in [1.29, 1.82) is 0 Å². The quantitative estimate of drug-likeness (QED) is 0.570. The second-order valence-corrected chi connectivity index (χ2v) is 4.14. The summed E-state index contributed by atoms with van der Waals surface area (Å²) in [5.41, 5.74) is 0. The first kappa shape index (κ1) is 14.2.